The van der Waals surface area contributed by atoms with Crippen molar-refractivity contribution in [1.29, 1.82) is 0 Å². The molecule has 2 N–H and O–H groups in total. The first-order valence-electron chi connectivity index (χ1n) is 6.08. The molecule has 0 saturated heterocycles. The van der Waals surface area contributed by atoms with Gasteiger partial charge in [0.1, 0.15) is 0 Å². The molecular weight excluding hydrogens is 246 g/mol. The van der Waals surface area contributed by atoms with Gasteiger partial charge in [-0.05, 0) is 18.1 Å². The molecule has 1 rings (SSSR count). The molecule has 0 aliphatic rings. The van der Waals surface area contributed by atoms with E-state index in [9.17, 15) is 9.90 Å². The highest BCUT2D eigenvalue weighted by molar-refractivity contribution is 5.78. The lowest BCUT2D eigenvalue weighted by atomic mass is 10.1. The molecule has 0 heterocycles. The minimum absolute atomic E-state index is 0.133. The Bertz CT molecular complexity index is 418. The fourth-order valence-electron chi connectivity index (χ4n) is 1.74. The van der Waals surface area contributed by atoms with Crippen LogP contribution in [0.3, 0.4) is 0 Å². The van der Waals surface area contributed by atoms with Crippen LogP contribution in [0.5, 0.6) is 0 Å². The maximum atomic E-state index is 11.3. The number of carbonyl (C=O) groups excluding carboxylic acids is 1. The molecule has 0 radical (unpaired) electrons. The van der Waals surface area contributed by atoms with Crippen molar-refractivity contribution in [2.45, 2.75) is 25.7 Å². The number of esters is 1. The first-order valence-corrected chi connectivity index (χ1v) is 6.08. The van der Waals surface area contributed by atoms with Crippen molar-refractivity contribution in [2.75, 3.05) is 20.8 Å². The van der Waals surface area contributed by atoms with Gasteiger partial charge in [0.05, 0.1) is 13.7 Å². The third-order valence-electron chi connectivity index (χ3n) is 2.73. The molecule has 1 aromatic carbocycles. The van der Waals surface area contributed by atoms with Gasteiger partial charge in [0.2, 0.25) is 0 Å². The highest BCUT2D eigenvalue weighted by atomic mass is 16.5. The number of aliphatic hydroxyl groups is 1. The van der Waals surface area contributed by atoms with Crippen LogP contribution in [-0.4, -0.2) is 37.4 Å². The third kappa shape index (κ3) is 4.98. The van der Waals surface area contributed by atoms with Crippen LogP contribution >= 0.6 is 0 Å². The highest BCUT2D eigenvalue weighted by Gasteiger charge is 2.30. The SMILES string of the molecule is COCc1cccc(CNCC(C)(O)C(=O)OC)c1. The molecule has 0 amide bonds. The Kier molecular flexibility index (Phi) is 5.95. The average molecular weight is 267 g/mol. The summed E-state index contributed by atoms with van der Waals surface area (Å²) in [5.41, 5.74) is 0.635. The molecule has 1 aromatic rings. The minimum atomic E-state index is -1.51. The number of hydrogen-bond acceptors (Lipinski definition) is 5. The second-order valence-electron chi connectivity index (χ2n) is 4.62. The molecule has 19 heavy (non-hydrogen) atoms. The zero-order chi connectivity index (χ0) is 14.3. The van der Waals surface area contributed by atoms with Crippen LogP contribution in [0.15, 0.2) is 24.3 Å². The maximum absolute atomic E-state index is 11.3. The van der Waals surface area contributed by atoms with Gasteiger partial charge >= 0.3 is 5.97 Å². The van der Waals surface area contributed by atoms with E-state index >= 15 is 0 Å². The smallest absolute Gasteiger partial charge is 0.338 e. The van der Waals surface area contributed by atoms with Gasteiger partial charge in [0.25, 0.3) is 0 Å². The summed E-state index contributed by atoms with van der Waals surface area (Å²) in [7, 11) is 2.91. The van der Waals surface area contributed by atoms with Crippen LogP contribution in [0.1, 0.15) is 18.1 Å². The largest absolute Gasteiger partial charge is 0.467 e. The lowest BCUT2D eigenvalue weighted by molar-refractivity contribution is -0.159. The number of ether oxygens (including phenoxy) is 2. The maximum Gasteiger partial charge on any atom is 0.338 e. The van der Waals surface area contributed by atoms with Gasteiger partial charge in [-0.1, -0.05) is 24.3 Å². The molecule has 1 atom stereocenters. The normalized spacial score (nSPS) is 13.9. The van der Waals surface area contributed by atoms with Crippen molar-refractivity contribution >= 4 is 5.97 Å². The zero-order valence-corrected chi connectivity index (χ0v) is 11.6. The number of benzene rings is 1. The summed E-state index contributed by atoms with van der Waals surface area (Å²) in [6.07, 6.45) is 0. The van der Waals surface area contributed by atoms with Gasteiger partial charge in [0.15, 0.2) is 5.60 Å². The Hall–Kier alpha value is -1.43. The van der Waals surface area contributed by atoms with Gasteiger partial charge in [-0.25, -0.2) is 4.79 Å². The van der Waals surface area contributed by atoms with E-state index in [1.165, 1.54) is 14.0 Å². The molecule has 0 aliphatic heterocycles. The van der Waals surface area contributed by atoms with Crippen molar-refractivity contribution in [3.8, 4) is 0 Å². The molecule has 0 fully saturated rings. The summed E-state index contributed by atoms with van der Waals surface area (Å²) in [5.74, 6) is -0.645. The molecular formula is C14H21NO4. The van der Waals surface area contributed by atoms with Crippen molar-refractivity contribution in [2.24, 2.45) is 0 Å². The van der Waals surface area contributed by atoms with Gasteiger partial charge in [-0.2, -0.15) is 0 Å². The number of hydrogen-bond donors (Lipinski definition) is 2. The van der Waals surface area contributed by atoms with E-state index in [2.05, 4.69) is 10.1 Å². The molecule has 5 heteroatoms. The minimum Gasteiger partial charge on any atom is -0.467 e. The standard InChI is InChI=1S/C14H21NO4/c1-14(17,13(16)19-3)10-15-8-11-5-4-6-12(7-11)9-18-2/h4-7,15,17H,8-10H2,1-3H3. The topological polar surface area (TPSA) is 67.8 Å². The number of carbonyl (C=O) groups is 1. The van der Waals surface area contributed by atoms with Gasteiger partial charge in [-0.3, -0.25) is 0 Å². The predicted octanol–water partition coefficient (Wildman–Crippen LogP) is 0.847. The molecule has 0 bridgehead atoms. The summed E-state index contributed by atoms with van der Waals surface area (Å²) in [6.45, 7) is 2.68. The highest BCUT2D eigenvalue weighted by Crippen LogP contribution is 2.08. The monoisotopic (exact) mass is 267 g/mol. The summed E-state index contributed by atoms with van der Waals surface area (Å²) in [4.78, 5) is 11.3. The molecule has 0 spiro atoms. The first kappa shape index (κ1) is 15.6. The van der Waals surface area contributed by atoms with E-state index in [0.717, 1.165) is 11.1 Å². The van der Waals surface area contributed by atoms with Gasteiger partial charge in [-0.15, -0.1) is 0 Å². The Morgan fingerprint density at radius 1 is 1.37 bits per heavy atom. The molecule has 0 saturated carbocycles. The van der Waals surface area contributed by atoms with Crippen molar-refractivity contribution in [3.63, 3.8) is 0 Å². The molecule has 1 unspecified atom stereocenters. The molecule has 0 aliphatic carbocycles. The predicted molar refractivity (Wildman–Crippen MR) is 71.5 cm³/mol. The lowest BCUT2D eigenvalue weighted by Gasteiger charge is -2.20. The average Bonchev–Trinajstić information content (AvgIpc) is 2.38. The fraction of sp³-hybridized carbons (Fsp3) is 0.500. The number of rotatable bonds is 7. The number of methoxy groups -OCH3 is 2. The van der Waals surface area contributed by atoms with Crippen LogP contribution in [0, 0.1) is 0 Å². The molecule has 5 nitrogen and oxygen atoms in total. The second kappa shape index (κ2) is 7.23. The van der Waals surface area contributed by atoms with E-state index in [0.29, 0.717) is 13.2 Å². The van der Waals surface area contributed by atoms with Gasteiger partial charge < -0.3 is 19.9 Å². The van der Waals surface area contributed by atoms with E-state index < -0.39 is 11.6 Å². The van der Waals surface area contributed by atoms with E-state index in [1.54, 1.807) is 7.11 Å². The number of nitrogens with one attached hydrogen (secondary N) is 1. The quantitative estimate of drug-likeness (QED) is 0.717. The molecule has 0 aromatic heterocycles. The van der Waals surface area contributed by atoms with Gasteiger partial charge in [0, 0.05) is 20.2 Å². The zero-order valence-electron chi connectivity index (χ0n) is 11.6. The Balaban J connectivity index is 2.49. The fourth-order valence-corrected chi connectivity index (χ4v) is 1.74. The van der Waals surface area contributed by atoms with E-state index in [4.69, 9.17) is 4.74 Å². The van der Waals surface area contributed by atoms with Crippen molar-refractivity contribution < 1.29 is 19.4 Å². The molecule has 106 valence electrons. The lowest BCUT2D eigenvalue weighted by Crippen LogP contribution is -2.45. The Labute approximate surface area is 113 Å². The van der Waals surface area contributed by atoms with Crippen LogP contribution in [0.25, 0.3) is 0 Å². The Morgan fingerprint density at radius 3 is 2.68 bits per heavy atom. The Morgan fingerprint density at radius 2 is 2.05 bits per heavy atom. The van der Waals surface area contributed by atoms with E-state index in [1.807, 2.05) is 24.3 Å². The van der Waals surface area contributed by atoms with Crippen LogP contribution in [-0.2, 0) is 27.4 Å². The summed E-state index contributed by atoms with van der Waals surface area (Å²) < 4.78 is 9.59. The van der Waals surface area contributed by atoms with E-state index in [-0.39, 0.29) is 6.54 Å². The first-order chi connectivity index (χ1) is 8.99. The van der Waals surface area contributed by atoms with Crippen molar-refractivity contribution in [3.05, 3.63) is 35.4 Å². The van der Waals surface area contributed by atoms with Crippen LogP contribution in [0.2, 0.25) is 0 Å². The summed E-state index contributed by atoms with van der Waals surface area (Å²) in [5, 5.41) is 12.9. The summed E-state index contributed by atoms with van der Waals surface area (Å²) >= 11 is 0. The second-order valence-corrected chi connectivity index (χ2v) is 4.62. The third-order valence-corrected chi connectivity index (χ3v) is 2.73. The summed E-state index contributed by atoms with van der Waals surface area (Å²) in [6, 6.07) is 7.92. The van der Waals surface area contributed by atoms with Crippen LogP contribution in [0.4, 0.5) is 0 Å². The van der Waals surface area contributed by atoms with Crippen molar-refractivity contribution in [1.82, 2.24) is 5.32 Å². The van der Waals surface area contributed by atoms with Crippen LogP contribution < -0.4 is 5.32 Å².